The molecule has 2 aromatic rings. The first-order chi connectivity index (χ1) is 12.3. The van der Waals surface area contributed by atoms with Gasteiger partial charge in [0.25, 0.3) is 5.91 Å². The number of carbonyl (C=O) groups is 2. The molecule has 2 heterocycles. The van der Waals surface area contributed by atoms with Gasteiger partial charge in [0.1, 0.15) is 5.69 Å². The Balaban J connectivity index is 1.68. The number of piperazine rings is 1. The molecule has 1 aliphatic rings. The van der Waals surface area contributed by atoms with E-state index in [2.05, 4.69) is 4.98 Å². The molecule has 0 aliphatic carbocycles. The number of nitrogens with zero attached hydrogens (tertiary/aromatic N) is 2. The molecule has 1 amide bonds. The maximum Gasteiger partial charge on any atom is 0.270 e. The van der Waals surface area contributed by atoms with Gasteiger partial charge in [-0.3, -0.25) is 9.59 Å². The van der Waals surface area contributed by atoms with Crippen LogP contribution in [0.3, 0.4) is 0 Å². The molecule has 26 heavy (non-hydrogen) atoms. The van der Waals surface area contributed by atoms with Gasteiger partial charge in [-0.25, -0.2) is 8.42 Å². The third kappa shape index (κ3) is 3.56. The number of sulfonamides is 1. The third-order valence-electron chi connectivity index (χ3n) is 4.47. The molecule has 1 aromatic heterocycles. The Morgan fingerprint density at radius 2 is 1.77 bits per heavy atom. The predicted molar refractivity (Wildman–Crippen MR) is 96.6 cm³/mol. The van der Waals surface area contributed by atoms with E-state index < -0.39 is 10.0 Å². The van der Waals surface area contributed by atoms with Crippen molar-refractivity contribution in [3.05, 3.63) is 53.3 Å². The van der Waals surface area contributed by atoms with Crippen molar-refractivity contribution in [2.24, 2.45) is 0 Å². The minimum Gasteiger partial charge on any atom is -0.356 e. The molecule has 0 spiro atoms. The topological polar surface area (TPSA) is 90.6 Å². The second kappa shape index (κ2) is 7.05. The van der Waals surface area contributed by atoms with Crippen LogP contribution >= 0.6 is 0 Å². The van der Waals surface area contributed by atoms with Crippen molar-refractivity contribution in [1.82, 2.24) is 14.2 Å². The number of aromatic nitrogens is 1. The highest BCUT2D eigenvalue weighted by Crippen LogP contribution is 2.19. The van der Waals surface area contributed by atoms with Crippen molar-refractivity contribution >= 4 is 21.7 Å². The molecule has 3 rings (SSSR count). The zero-order chi connectivity index (χ0) is 18.9. The third-order valence-corrected chi connectivity index (χ3v) is 6.37. The largest absolute Gasteiger partial charge is 0.356 e. The van der Waals surface area contributed by atoms with Gasteiger partial charge in [-0.1, -0.05) is 12.1 Å². The molecular weight excluding hydrogens is 354 g/mol. The van der Waals surface area contributed by atoms with Gasteiger partial charge in [-0.05, 0) is 37.6 Å². The fourth-order valence-corrected chi connectivity index (χ4v) is 4.48. The standard InChI is InChI=1S/C18H21N3O4S/c1-13-4-3-5-16(10-13)26(24,25)21-8-6-20(7-9-21)18(23)17-11-15(12-19-17)14(2)22/h3-5,10-12,19H,6-9H2,1-2H3. The molecule has 0 bridgehead atoms. The Hall–Kier alpha value is -2.45. The van der Waals surface area contributed by atoms with Crippen LogP contribution in [0.2, 0.25) is 0 Å². The van der Waals surface area contributed by atoms with E-state index in [-0.39, 0.29) is 29.7 Å². The van der Waals surface area contributed by atoms with Gasteiger partial charge in [0.15, 0.2) is 5.78 Å². The van der Waals surface area contributed by atoms with E-state index in [1.54, 1.807) is 23.1 Å². The molecule has 0 unspecified atom stereocenters. The smallest absolute Gasteiger partial charge is 0.270 e. The van der Waals surface area contributed by atoms with E-state index >= 15 is 0 Å². The summed E-state index contributed by atoms with van der Waals surface area (Å²) in [5.41, 5.74) is 1.67. The van der Waals surface area contributed by atoms with Crippen LogP contribution < -0.4 is 0 Å². The zero-order valence-electron chi connectivity index (χ0n) is 14.7. The predicted octanol–water partition coefficient (Wildman–Crippen LogP) is 1.67. The first-order valence-corrected chi connectivity index (χ1v) is 9.78. The summed E-state index contributed by atoms with van der Waals surface area (Å²) in [6, 6.07) is 8.33. The zero-order valence-corrected chi connectivity index (χ0v) is 15.5. The Bertz CT molecular complexity index is 941. The van der Waals surface area contributed by atoms with E-state index in [0.29, 0.717) is 24.3 Å². The lowest BCUT2D eigenvalue weighted by Crippen LogP contribution is -2.50. The van der Waals surface area contributed by atoms with Crippen LogP contribution in [0.1, 0.15) is 33.3 Å². The maximum atomic E-state index is 12.7. The Labute approximate surface area is 152 Å². The van der Waals surface area contributed by atoms with Crippen molar-refractivity contribution in [3.8, 4) is 0 Å². The molecule has 0 radical (unpaired) electrons. The van der Waals surface area contributed by atoms with Crippen LogP contribution in [-0.2, 0) is 10.0 Å². The fraction of sp³-hybridized carbons (Fsp3) is 0.333. The van der Waals surface area contributed by atoms with Gasteiger partial charge < -0.3 is 9.88 Å². The number of aryl methyl sites for hydroxylation is 1. The normalized spacial score (nSPS) is 15.8. The van der Waals surface area contributed by atoms with Gasteiger partial charge >= 0.3 is 0 Å². The monoisotopic (exact) mass is 375 g/mol. The lowest BCUT2D eigenvalue weighted by molar-refractivity contribution is 0.0692. The average Bonchev–Trinajstić information content (AvgIpc) is 3.11. The summed E-state index contributed by atoms with van der Waals surface area (Å²) < 4.78 is 26.9. The van der Waals surface area contributed by atoms with Crippen molar-refractivity contribution in [1.29, 1.82) is 0 Å². The number of amides is 1. The summed E-state index contributed by atoms with van der Waals surface area (Å²) in [7, 11) is -3.56. The van der Waals surface area contributed by atoms with Gasteiger partial charge in [-0.2, -0.15) is 4.31 Å². The molecule has 0 atom stereocenters. The summed E-state index contributed by atoms with van der Waals surface area (Å²) in [5.74, 6) is -0.348. The number of rotatable bonds is 4. The molecule has 7 nitrogen and oxygen atoms in total. The van der Waals surface area contributed by atoms with E-state index in [4.69, 9.17) is 0 Å². The number of Topliss-reactive ketones (excluding diaryl/α,β-unsaturated/α-hetero) is 1. The number of hydrogen-bond donors (Lipinski definition) is 1. The fourth-order valence-electron chi connectivity index (χ4n) is 2.95. The van der Waals surface area contributed by atoms with E-state index in [1.807, 2.05) is 13.0 Å². The molecule has 8 heteroatoms. The van der Waals surface area contributed by atoms with E-state index in [1.165, 1.54) is 23.5 Å². The van der Waals surface area contributed by atoms with Gasteiger partial charge in [0.05, 0.1) is 4.90 Å². The number of carbonyl (C=O) groups excluding carboxylic acids is 2. The minimum absolute atomic E-state index is 0.116. The Kier molecular flexibility index (Phi) is 4.97. The number of nitrogens with one attached hydrogen (secondary N) is 1. The quantitative estimate of drug-likeness (QED) is 0.823. The van der Waals surface area contributed by atoms with Gasteiger partial charge in [-0.15, -0.1) is 0 Å². The van der Waals surface area contributed by atoms with Crippen LogP contribution in [0.5, 0.6) is 0 Å². The van der Waals surface area contributed by atoms with Crippen molar-refractivity contribution in [2.45, 2.75) is 18.7 Å². The maximum absolute atomic E-state index is 12.7. The Morgan fingerprint density at radius 3 is 2.35 bits per heavy atom. The molecule has 0 saturated carbocycles. The summed E-state index contributed by atoms with van der Waals surface area (Å²) in [5, 5.41) is 0. The minimum atomic E-state index is -3.56. The number of benzene rings is 1. The molecule has 1 aliphatic heterocycles. The van der Waals surface area contributed by atoms with Crippen molar-refractivity contribution in [3.63, 3.8) is 0 Å². The summed E-state index contributed by atoms with van der Waals surface area (Å²) in [6.07, 6.45) is 1.51. The molecule has 138 valence electrons. The summed E-state index contributed by atoms with van der Waals surface area (Å²) in [6.45, 7) is 4.37. The highest BCUT2D eigenvalue weighted by Gasteiger charge is 2.30. The summed E-state index contributed by atoms with van der Waals surface area (Å²) >= 11 is 0. The molecule has 1 saturated heterocycles. The second-order valence-electron chi connectivity index (χ2n) is 6.37. The SMILES string of the molecule is CC(=O)c1c[nH]c(C(=O)N2CCN(S(=O)(=O)c3cccc(C)c3)CC2)c1. The van der Waals surface area contributed by atoms with Crippen LogP contribution in [0.25, 0.3) is 0 Å². The van der Waals surface area contributed by atoms with Crippen molar-refractivity contribution < 1.29 is 18.0 Å². The Morgan fingerprint density at radius 1 is 1.08 bits per heavy atom. The number of aromatic amines is 1. The number of ketones is 1. The summed E-state index contributed by atoms with van der Waals surface area (Å²) in [4.78, 5) is 28.6. The molecule has 1 N–H and O–H groups in total. The van der Waals surface area contributed by atoms with Crippen molar-refractivity contribution in [2.75, 3.05) is 26.2 Å². The molecule has 1 aromatic carbocycles. The molecular formula is C18H21N3O4S. The first-order valence-electron chi connectivity index (χ1n) is 8.34. The molecule has 1 fully saturated rings. The lowest BCUT2D eigenvalue weighted by Gasteiger charge is -2.33. The van der Waals surface area contributed by atoms with Gasteiger partial charge in [0, 0.05) is 37.9 Å². The van der Waals surface area contributed by atoms with Crippen LogP contribution in [-0.4, -0.2) is 60.5 Å². The lowest BCUT2D eigenvalue weighted by atomic mass is 10.2. The van der Waals surface area contributed by atoms with Crippen LogP contribution in [0, 0.1) is 6.92 Å². The van der Waals surface area contributed by atoms with E-state index in [0.717, 1.165) is 5.56 Å². The highest BCUT2D eigenvalue weighted by atomic mass is 32.2. The number of H-pyrrole nitrogens is 1. The van der Waals surface area contributed by atoms with E-state index in [9.17, 15) is 18.0 Å². The second-order valence-corrected chi connectivity index (χ2v) is 8.31. The number of hydrogen-bond acceptors (Lipinski definition) is 4. The average molecular weight is 375 g/mol. The highest BCUT2D eigenvalue weighted by molar-refractivity contribution is 7.89. The van der Waals surface area contributed by atoms with Gasteiger partial charge in [0.2, 0.25) is 10.0 Å². The first kappa shape index (κ1) is 18.3. The van der Waals surface area contributed by atoms with Crippen LogP contribution in [0.15, 0.2) is 41.4 Å². The van der Waals surface area contributed by atoms with Crippen LogP contribution in [0.4, 0.5) is 0 Å².